The summed E-state index contributed by atoms with van der Waals surface area (Å²) in [6.07, 6.45) is 1.13. The van der Waals surface area contributed by atoms with Gasteiger partial charge in [0.2, 0.25) is 0 Å². The minimum Gasteiger partial charge on any atom is -0.371 e. The summed E-state index contributed by atoms with van der Waals surface area (Å²) >= 11 is 3.43. The van der Waals surface area contributed by atoms with E-state index in [0.29, 0.717) is 12.8 Å². The molecule has 2 aromatic carbocycles. The van der Waals surface area contributed by atoms with Gasteiger partial charge < -0.3 is 4.90 Å². The molecule has 3 rings (SSSR count). The van der Waals surface area contributed by atoms with Crippen molar-refractivity contribution in [3.05, 3.63) is 58.6 Å². The van der Waals surface area contributed by atoms with Crippen LogP contribution in [0.5, 0.6) is 0 Å². The summed E-state index contributed by atoms with van der Waals surface area (Å²) in [7, 11) is -3.69. The SMILES string of the molecule is Cc1ccc(S(=O)(=O)OC2CCN(c3ccc(Br)cc3)CC2)cc1. The lowest BCUT2D eigenvalue weighted by Crippen LogP contribution is -2.37. The van der Waals surface area contributed by atoms with Crippen molar-refractivity contribution in [2.75, 3.05) is 18.0 Å². The molecule has 1 aliphatic rings. The normalized spacial score (nSPS) is 16.3. The van der Waals surface area contributed by atoms with Crippen LogP contribution >= 0.6 is 15.9 Å². The van der Waals surface area contributed by atoms with Gasteiger partial charge in [-0.15, -0.1) is 0 Å². The van der Waals surface area contributed by atoms with Crippen molar-refractivity contribution in [3.63, 3.8) is 0 Å². The highest BCUT2D eigenvalue weighted by atomic mass is 79.9. The van der Waals surface area contributed by atoms with Crippen molar-refractivity contribution >= 4 is 31.7 Å². The number of nitrogens with zero attached hydrogens (tertiary/aromatic N) is 1. The second-order valence-corrected chi connectivity index (χ2v) is 8.51. The Morgan fingerprint density at radius 3 is 2.17 bits per heavy atom. The number of anilines is 1. The molecule has 6 heteroatoms. The van der Waals surface area contributed by atoms with Gasteiger partial charge in [-0.1, -0.05) is 33.6 Å². The van der Waals surface area contributed by atoms with E-state index in [9.17, 15) is 8.42 Å². The number of aryl methyl sites for hydroxylation is 1. The first-order chi connectivity index (χ1) is 11.4. The molecule has 1 fully saturated rings. The van der Waals surface area contributed by atoms with Gasteiger partial charge in [-0.05, 0) is 56.2 Å². The van der Waals surface area contributed by atoms with Crippen molar-refractivity contribution in [1.82, 2.24) is 0 Å². The zero-order valence-corrected chi connectivity index (χ0v) is 15.9. The topological polar surface area (TPSA) is 46.6 Å². The van der Waals surface area contributed by atoms with Crippen LogP contribution in [-0.2, 0) is 14.3 Å². The first-order valence-electron chi connectivity index (χ1n) is 7.94. The summed E-state index contributed by atoms with van der Waals surface area (Å²) in [4.78, 5) is 2.48. The van der Waals surface area contributed by atoms with Gasteiger partial charge in [0, 0.05) is 23.2 Å². The van der Waals surface area contributed by atoms with Crippen LogP contribution in [-0.4, -0.2) is 27.6 Å². The average Bonchev–Trinajstić information content (AvgIpc) is 2.56. The van der Waals surface area contributed by atoms with Gasteiger partial charge in [-0.3, -0.25) is 4.18 Å². The zero-order valence-electron chi connectivity index (χ0n) is 13.5. The summed E-state index contributed by atoms with van der Waals surface area (Å²) in [5.74, 6) is 0. The van der Waals surface area contributed by atoms with Gasteiger partial charge in [0.25, 0.3) is 10.1 Å². The molecule has 0 N–H and O–H groups in total. The summed E-state index contributed by atoms with van der Waals surface area (Å²) in [6.45, 7) is 3.50. The molecule has 4 nitrogen and oxygen atoms in total. The van der Waals surface area contributed by atoms with Crippen molar-refractivity contribution < 1.29 is 12.6 Å². The van der Waals surface area contributed by atoms with Crippen LogP contribution < -0.4 is 4.90 Å². The summed E-state index contributed by atoms with van der Waals surface area (Å²) < 4.78 is 31.2. The zero-order chi connectivity index (χ0) is 17.2. The standard InChI is InChI=1S/C18H20BrNO3S/c1-14-2-8-18(9-3-14)24(21,22)23-17-10-12-20(13-11-17)16-6-4-15(19)5-7-16/h2-9,17H,10-13H2,1H3. The Kier molecular flexibility index (Phi) is 5.27. The molecule has 0 aromatic heterocycles. The van der Waals surface area contributed by atoms with Gasteiger partial charge in [-0.2, -0.15) is 8.42 Å². The number of piperidine rings is 1. The van der Waals surface area contributed by atoms with Gasteiger partial charge >= 0.3 is 0 Å². The Morgan fingerprint density at radius 1 is 1.00 bits per heavy atom. The molecule has 2 aromatic rings. The first-order valence-corrected chi connectivity index (χ1v) is 10.1. The predicted octanol–water partition coefficient (Wildman–Crippen LogP) is 4.13. The Labute approximate surface area is 151 Å². The minimum atomic E-state index is -3.69. The molecular weight excluding hydrogens is 390 g/mol. The van der Waals surface area contributed by atoms with Crippen molar-refractivity contribution in [2.24, 2.45) is 0 Å². The van der Waals surface area contributed by atoms with E-state index in [1.54, 1.807) is 24.3 Å². The Hall–Kier alpha value is -1.37. The van der Waals surface area contributed by atoms with Gasteiger partial charge in [0.15, 0.2) is 0 Å². The number of hydrogen-bond acceptors (Lipinski definition) is 4. The smallest absolute Gasteiger partial charge is 0.297 e. The molecule has 1 saturated heterocycles. The second-order valence-electron chi connectivity index (χ2n) is 6.03. The fourth-order valence-corrected chi connectivity index (χ4v) is 4.20. The van der Waals surface area contributed by atoms with Crippen LogP contribution in [0.1, 0.15) is 18.4 Å². The molecular formula is C18H20BrNO3S. The largest absolute Gasteiger partial charge is 0.371 e. The fourth-order valence-electron chi connectivity index (χ4n) is 2.80. The quantitative estimate of drug-likeness (QED) is 0.712. The fraction of sp³-hybridized carbons (Fsp3) is 0.333. The second kappa shape index (κ2) is 7.25. The highest BCUT2D eigenvalue weighted by molar-refractivity contribution is 9.10. The molecule has 0 amide bonds. The Bertz CT molecular complexity index is 780. The van der Waals surface area contributed by atoms with Crippen LogP contribution in [0.4, 0.5) is 5.69 Å². The van der Waals surface area contributed by atoms with Crippen LogP contribution in [0.3, 0.4) is 0 Å². The van der Waals surface area contributed by atoms with Crippen molar-refractivity contribution in [2.45, 2.75) is 30.8 Å². The van der Waals surface area contributed by atoms with Crippen LogP contribution in [0.15, 0.2) is 57.9 Å². The van der Waals surface area contributed by atoms with Crippen molar-refractivity contribution in [3.8, 4) is 0 Å². The lowest BCUT2D eigenvalue weighted by atomic mass is 10.1. The summed E-state index contributed by atoms with van der Waals surface area (Å²) in [5, 5.41) is 0. The van der Waals surface area contributed by atoms with E-state index in [4.69, 9.17) is 4.18 Å². The molecule has 0 aliphatic carbocycles. The molecule has 128 valence electrons. The monoisotopic (exact) mass is 409 g/mol. The van der Waals surface area contributed by atoms with Crippen LogP contribution in [0.2, 0.25) is 0 Å². The van der Waals surface area contributed by atoms with E-state index in [0.717, 1.165) is 28.8 Å². The minimum absolute atomic E-state index is 0.225. The van der Waals surface area contributed by atoms with Crippen LogP contribution in [0.25, 0.3) is 0 Å². The van der Waals surface area contributed by atoms with E-state index in [-0.39, 0.29) is 11.0 Å². The van der Waals surface area contributed by atoms with Crippen molar-refractivity contribution in [1.29, 1.82) is 0 Å². The number of halogens is 1. The molecule has 0 unspecified atom stereocenters. The first kappa shape index (κ1) is 17.5. The maximum Gasteiger partial charge on any atom is 0.297 e. The van der Waals surface area contributed by atoms with E-state index in [1.165, 1.54) is 0 Å². The maximum absolute atomic E-state index is 12.4. The lowest BCUT2D eigenvalue weighted by molar-refractivity contribution is 0.178. The summed E-state index contributed by atoms with van der Waals surface area (Å²) in [6, 6.07) is 14.9. The molecule has 0 radical (unpaired) electrons. The molecule has 1 aliphatic heterocycles. The predicted molar refractivity (Wildman–Crippen MR) is 98.8 cm³/mol. The molecule has 0 bridgehead atoms. The van der Waals surface area contributed by atoms with E-state index in [2.05, 4.69) is 33.0 Å². The third-order valence-corrected chi connectivity index (χ3v) is 6.11. The van der Waals surface area contributed by atoms with Gasteiger partial charge in [0.1, 0.15) is 0 Å². The highest BCUT2D eigenvalue weighted by Gasteiger charge is 2.26. The Balaban J connectivity index is 1.60. The number of benzene rings is 2. The third-order valence-electron chi connectivity index (χ3n) is 4.21. The molecule has 0 spiro atoms. The average molecular weight is 410 g/mol. The van der Waals surface area contributed by atoms with Crippen LogP contribution in [0, 0.1) is 6.92 Å². The van der Waals surface area contributed by atoms with Gasteiger partial charge in [-0.25, -0.2) is 0 Å². The molecule has 1 heterocycles. The Morgan fingerprint density at radius 2 is 1.58 bits per heavy atom. The van der Waals surface area contributed by atoms with E-state index in [1.807, 2.05) is 19.1 Å². The van der Waals surface area contributed by atoms with E-state index >= 15 is 0 Å². The molecule has 24 heavy (non-hydrogen) atoms. The third kappa shape index (κ3) is 4.18. The van der Waals surface area contributed by atoms with Gasteiger partial charge in [0.05, 0.1) is 11.0 Å². The number of hydrogen-bond donors (Lipinski definition) is 0. The lowest BCUT2D eigenvalue weighted by Gasteiger charge is -2.33. The maximum atomic E-state index is 12.4. The highest BCUT2D eigenvalue weighted by Crippen LogP contribution is 2.25. The summed E-state index contributed by atoms with van der Waals surface area (Å²) in [5.41, 5.74) is 2.18. The molecule has 0 atom stereocenters. The number of rotatable bonds is 4. The van der Waals surface area contributed by atoms with E-state index < -0.39 is 10.1 Å². The molecule has 0 saturated carbocycles.